The molecule has 1 fully saturated rings. The van der Waals surface area contributed by atoms with E-state index in [-0.39, 0.29) is 0 Å². The van der Waals surface area contributed by atoms with E-state index in [0.29, 0.717) is 11.2 Å². The SMILES string of the molecule is Clc1cc(NC2CCCC2)c2cn[nH]c2n1. The van der Waals surface area contributed by atoms with Gasteiger partial charge in [0.25, 0.3) is 0 Å². The fourth-order valence-electron chi connectivity index (χ4n) is 2.31. The van der Waals surface area contributed by atoms with Crippen molar-refractivity contribution in [1.29, 1.82) is 0 Å². The molecule has 0 aromatic carbocycles. The van der Waals surface area contributed by atoms with Crippen molar-refractivity contribution in [1.82, 2.24) is 15.2 Å². The highest BCUT2D eigenvalue weighted by Gasteiger charge is 2.16. The number of anilines is 1. The van der Waals surface area contributed by atoms with Crippen molar-refractivity contribution in [2.45, 2.75) is 31.7 Å². The summed E-state index contributed by atoms with van der Waals surface area (Å²) in [7, 11) is 0. The molecule has 0 aliphatic heterocycles. The van der Waals surface area contributed by atoms with Crippen molar-refractivity contribution in [3.63, 3.8) is 0 Å². The highest BCUT2D eigenvalue weighted by atomic mass is 35.5. The number of aromatic amines is 1. The van der Waals surface area contributed by atoms with E-state index < -0.39 is 0 Å². The molecule has 4 nitrogen and oxygen atoms in total. The van der Waals surface area contributed by atoms with Crippen molar-refractivity contribution in [3.05, 3.63) is 17.4 Å². The van der Waals surface area contributed by atoms with Crippen molar-refractivity contribution in [2.75, 3.05) is 5.32 Å². The van der Waals surface area contributed by atoms with Gasteiger partial charge < -0.3 is 5.32 Å². The molecule has 0 saturated heterocycles. The Bertz CT molecular complexity index is 502. The largest absolute Gasteiger partial charge is 0.382 e. The molecule has 0 atom stereocenters. The lowest BCUT2D eigenvalue weighted by Gasteiger charge is -2.14. The van der Waals surface area contributed by atoms with Crippen molar-refractivity contribution >= 4 is 28.3 Å². The summed E-state index contributed by atoms with van der Waals surface area (Å²) < 4.78 is 0. The van der Waals surface area contributed by atoms with Crippen LogP contribution in [-0.4, -0.2) is 21.2 Å². The second-order valence-electron chi connectivity index (χ2n) is 4.25. The van der Waals surface area contributed by atoms with Crippen LogP contribution in [0.1, 0.15) is 25.7 Å². The molecular formula is C11H13ClN4. The standard InChI is InChI=1S/C11H13ClN4/c12-10-5-9(14-7-3-1-2-4-7)8-6-13-16-11(8)15-10/h5-7H,1-4H2,(H2,13,14,15,16). The van der Waals surface area contributed by atoms with Gasteiger partial charge in [-0.1, -0.05) is 24.4 Å². The number of fused-ring (bicyclic) bond motifs is 1. The van der Waals surface area contributed by atoms with E-state index in [1.807, 2.05) is 6.07 Å². The van der Waals surface area contributed by atoms with Gasteiger partial charge in [0.05, 0.1) is 17.3 Å². The maximum atomic E-state index is 5.97. The van der Waals surface area contributed by atoms with Gasteiger partial charge in [-0.15, -0.1) is 0 Å². The van der Waals surface area contributed by atoms with Gasteiger partial charge in [0, 0.05) is 6.04 Å². The Labute approximate surface area is 98.4 Å². The normalized spacial score (nSPS) is 17.1. The number of hydrogen-bond donors (Lipinski definition) is 2. The molecule has 2 heterocycles. The number of pyridine rings is 1. The van der Waals surface area contributed by atoms with Crippen molar-refractivity contribution in [3.8, 4) is 0 Å². The average molecular weight is 237 g/mol. The van der Waals surface area contributed by atoms with Crippen LogP contribution < -0.4 is 5.32 Å². The van der Waals surface area contributed by atoms with E-state index in [2.05, 4.69) is 20.5 Å². The molecule has 0 unspecified atom stereocenters. The first kappa shape index (κ1) is 9.90. The second kappa shape index (κ2) is 3.94. The Hall–Kier alpha value is -1.29. The fourth-order valence-corrected chi connectivity index (χ4v) is 2.50. The van der Waals surface area contributed by atoms with Gasteiger partial charge in [0.2, 0.25) is 0 Å². The topological polar surface area (TPSA) is 53.6 Å². The Morgan fingerprint density at radius 2 is 2.19 bits per heavy atom. The highest BCUT2D eigenvalue weighted by molar-refractivity contribution is 6.30. The molecule has 2 N–H and O–H groups in total. The smallest absolute Gasteiger partial charge is 0.158 e. The van der Waals surface area contributed by atoms with E-state index in [1.54, 1.807) is 6.20 Å². The van der Waals surface area contributed by atoms with Crippen LogP contribution in [-0.2, 0) is 0 Å². The number of nitrogens with one attached hydrogen (secondary N) is 2. The number of aromatic nitrogens is 3. The highest BCUT2D eigenvalue weighted by Crippen LogP contribution is 2.28. The summed E-state index contributed by atoms with van der Waals surface area (Å²) in [6.07, 6.45) is 6.88. The zero-order valence-corrected chi connectivity index (χ0v) is 9.59. The van der Waals surface area contributed by atoms with Gasteiger partial charge in [0.1, 0.15) is 5.15 Å². The molecule has 2 aromatic rings. The van der Waals surface area contributed by atoms with Crippen LogP contribution in [0.4, 0.5) is 5.69 Å². The van der Waals surface area contributed by atoms with Gasteiger partial charge in [-0.3, -0.25) is 5.10 Å². The number of rotatable bonds is 2. The van der Waals surface area contributed by atoms with Crippen LogP contribution in [0.3, 0.4) is 0 Å². The van der Waals surface area contributed by atoms with Crippen molar-refractivity contribution in [2.24, 2.45) is 0 Å². The Morgan fingerprint density at radius 3 is 3.00 bits per heavy atom. The third kappa shape index (κ3) is 1.73. The van der Waals surface area contributed by atoms with Gasteiger partial charge in [-0.05, 0) is 18.9 Å². The Kier molecular flexibility index (Phi) is 2.44. The summed E-state index contributed by atoms with van der Waals surface area (Å²) in [6, 6.07) is 2.44. The van der Waals surface area contributed by atoms with Crippen LogP contribution in [0, 0.1) is 0 Å². The summed E-state index contributed by atoms with van der Waals surface area (Å²) in [4.78, 5) is 4.18. The molecule has 3 rings (SSSR count). The van der Waals surface area contributed by atoms with Crippen LogP contribution in [0.2, 0.25) is 5.15 Å². The van der Waals surface area contributed by atoms with Crippen LogP contribution in [0.5, 0.6) is 0 Å². The van der Waals surface area contributed by atoms with E-state index in [1.165, 1.54) is 25.7 Å². The van der Waals surface area contributed by atoms with Crippen LogP contribution in [0.25, 0.3) is 11.0 Å². The average Bonchev–Trinajstić information content (AvgIpc) is 2.87. The van der Waals surface area contributed by atoms with Gasteiger partial charge in [0.15, 0.2) is 5.65 Å². The molecule has 1 saturated carbocycles. The molecular weight excluding hydrogens is 224 g/mol. The summed E-state index contributed by atoms with van der Waals surface area (Å²) >= 11 is 5.97. The predicted octanol–water partition coefficient (Wildman–Crippen LogP) is 2.97. The summed E-state index contributed by atoms with van der Waals surface area (Å²) in [6.45, 7) is 0. The van der Waals surface area contributed by atoms with E-state index >= 15 is 0 Å². The zero-order chi connectivity index (χ0) is 11.0. The molecule has 1 aliphatic carbocycles. The quantitative estimate of drug-likeness (QED) is 0.789. The molecule has 84 valence electrons. The summed E-state index contributed by atoms with van der Waals surface area (Å²) in [5.41, 5.74) is 1.78. The molecule has 0 spiro atoms. The molecule has 0 radical (unpaired) electrons. The number of nitrogens with zero attached hydrogens (tertiary/aromatic N) is 2. The zero-order valence-electron chi connectivity index (χ0n) is 8.83. The van der Waals surface area contributed by atoms with E-state index in [9.17, 15) is 0 Å². The number of hydrogen-bond acceptors (Lipinski definition) is 3. The first-order valence-electron chi connectivity index (χ1n) is 5.59. The first-order valence-corrected chi connectivity index (χ1v) is 5.97. The minimum absolute atomic E-state index is 0.497. The molecule has 0 bridgehead atoms. The Morgan fingerprint density at radius 1 is 1.38 bits per heavy atom. The van der Waals surface area contributed by atoms with Crippen molar-refractivity contribution < 1.29 is 0 Å². The van der Waals surface area contributed by atoms with Crippen LogP contribution in [0.15, 0.2) is 12.3 Å². The monoisotopic (exact) mass is 236 g/mol. The van der Waals surface area contributed by atoms with Gasteiger partial charge in [-0.2, -0.15) is 5.10 Å². The third-order valence-corrected chi connectivity index (χ3v) is 3.30. The maximum absolute atomic E-state index is 5.97. The van der Waals surface area contributed by atoms with Gasteiger partial charge >= 0.3 is 0 Å². The van der Waals surface area contributed by atoms with Gasteiger partial charge in [-0.25, -0.2) is 4.98 Å². The molecule has 2 aromatic heterocycles. The molecule has 1 aliphatic rings. The van der Waals surface area contributed by atoms with Crippen LogP contribution >= 0.6 is 11.6 Å². The first-order chi connectivity index (χ1) is 7.83. The lowest BCUT2D eigenvalue weighted by Crippen LogP contribution is -2.14. The summed E-state index contributed by atoms with van der Waals surface area (Å²) in [5, 5.41) is 11.9. The molecule has 16 heavy (non-hydrogen) atoms. The number of H-pyrrole nitrogens is 1. The Balaban J connectivity index is 1.97. The van der Waals surface area contributed by atoms with E-state index in [0.717, 1.165) is 16.7 Å². The van der Waals surface area contributed by atoms with E-state index in [4.69, 9.17) is 11.6 Å². The third-order valence-electron chi connectivity index (χ3n) is 3.11. The minimum atomic E-state index is 0.497. The lowest BCUT2D eigenvalue weighted by atomic mass is 10.2. The minimum Gasteiger partial charge on any atom is -0.382 e. The fraction of sp³-hybridized carbons (Fsp3) is 0.455. The maximum Gasteiger partial charge on any atom is 0.158 e. The second-order valence-corrected chi connectivity index (χ2v) is 4.64. The summed E-state index contributed by atoms with van der Waals surface area (Å²) in [5.74, 6) is 0. The number of halogens is 1. The predicted molar refractivity (Wildman–Crippen MR) is 64.8 cm³/mol. The molecule has 0 amide bonds. The lowest BCUT2D eigenvalue weighted by molar-refractivity contribution is 0.756. The molecule has 5 heteroatoms.